The van der Waals surface area contributed by atoms with Gasteiger partial charge in [0, 0.05) is 24.3 Å². The summed E-state index contributed by atoms with van der Waals surface area (Å²) >= 11 is 6.05. The Morgan fingerprint density at radius 1 is 1.32 bits per heavy atom. The van der Waals surface area contributed by atoms with Gasteiger partial charge in [0.25, 0.3) is 5.91 Å². The zero-order chi connectivity index (χ0) is 18.2. The molecule has 1 heterocycles. The molecule has 2 rings (SSSR count). The highest BCUT2D eigenvalue weighted by Gasteiger charge is 2.24. The van der Waals surface area contributed by atoms with Crippen LogP contribution in [0.25, 0.3) is 0 Å². The van der Waals surface area contributed by atoms with Crippen molar-refractivity contribution < 1.29 is 14.5 Å². The van der Waals surface area contributed by atoms with Crippen molar-refractivity contribution in [2.24, 2.45) is 0 Å². The number of quaternary nitrogens is 1. The second-order valence-electron chi connectivity index (χ2n) is 6.49. The molecule has 25 heavy (non-hydrogen) atoms. The van der Waals surface area contributed by atoms with Crippen molar-refractivity contribution in [2.45, 2.75) is 13.3 Å². The van der Waals surface area contributed by atoms with Crippen molar-refractivity contribution in [3.05, 3.63) is 29.3 Å². The Morgan fingerprint density at radius 3 is 2.68 bits per heavy atom. The van der Waals surface area contributed by atoms with Gasteiger partial charge in [0.15, 0.2) is 6.54 Å². The number of hydrogen-bond acceptors (Lipinski definition) is 3. The minimum absolute atomic E-state index is 0.0119. The molecule has 1 fully saturated rings. The van der Waals surface area contributed by atoms with Crippen LogP contribution in [-0.4, -0.2) is 69.6 Å². The van der Waals surface area contributed by atoms with Crippen LogP contribution in [0.3, 0.4) is 0 Å². The smallest absolute Gasteiger partial charge is 0.277 e. The van der Waals surface area contributed by atoms with Crippen LogP contribution in [-0.2, 0) is 9.59 Å². The van der Waals surface area contributed by atoms with Gasteiger partial charge in [0.1, 0.15) is 0 Å². The predicted molar refractivity (Wildman–Crippen MR) is 100 cm³/mol. The number of carbonyl (C=O) groups excluding carboxylic acids is 2. The molecule has 2 N–H and O–H groups in total. The van der Waals surface area contributed by atoms with E-state index in [2.05, 4.69) is 16.3 Å². The fourth-order valence-corrected chi connectivity index (χ4v) is 3.09. The van der Waals surface area contributed by atoms with Crippen molar-refractivity contribution in [1.29, 1.82) is 0 Å². The molecule has 1 aliphatic heterocycles. The minimum Gasteiger partial charge on any atom is -0.360 e. The van der Waals surface area contributed by atoms with E-state index >= 15 is 0 Å². The Hall–Kier alpha value is -1.79. The lowest BCUT2D eigenvalue weighted by molar-refractivity contribution is -0.892. The van der Waals surface area contributed by atoms with Crippen LogP contribution >= 0.6 is 11.6 Å². The highest BCUT2D eigenvalue weighted by atomic mass is 35.5. The first-order chi connectivity index (χ1) is 12.0. The first-order valence-electron chi connectivity index (χ1n) is 8.84. The molecule has 0 saturated carbocycles. The molecule has 1 saturated heterocycles. The first-order valence-corrected chi connectivity index (χ1v) is 9.22. The Bertz CT molecular complexity index is 588. The zero-order valence-electron chi connectivity index (χ0n) is 15.1. The van der Waals surface area contributed by atoms with E-state index in [0.29, 0.717) is 13.1 Å². The summed E-state index contributed by atoms with van der Waals surface area (Å²) < 4.78 is 0. The number of halogens is 1. The monoisotopic (exact) mass is 367 g/mol. The fourth-order valence-electron chi connectivity index (χ4n) is 2.90. The van der Waals surface area contributed by atoms with Gasteiger partial charge in [-0.3, -0.25) is 9.59 Å². The number of carbonyl (C=O) groups is 2. The molecule has 0 unspecified atom stereocenters. The highest BCUT2D eigenvalue weighted by molar-refractivity contribution is 6.30. The molecule has 0 atom stereocenters. The lowest BCUT2D eigenvalue weighted by Crippen LogP contribution is -3.15. The summed E-state index contributed by atoms with van der Waals surface area (Å²) in [5.41, 5.74) is 1.13. The van der Waals surface area contributed by atoms with Crippen LogP contribution in [0.1, 0.15) is 13.3 Å². The third-order valence-electron chi connectivity index (χ3n) is 4.42. The van der Waals surface area contributed by atoms with E-state index in [1.807, 2.05) is 25.1 Å². The van der Waals surface area contributed by atoms with Gasteiger partial charge in [-0.2, -0.15) is 0 Å². The van der Waals surface area contributed by atoms with E-state index in [1.54, 1.807) is 7.05 Å². The first kappa shape index (κ1) is 19.5. The number of likely N-dealkylation sites (N-methyl/N-ethyl adjacent to an activating group) is 1. The summed E-state index contributed by atoms with van der Waals surface area (Å²) in [4.78, 5) is 29.1. The number of hydrogen-bond donors (Lipinski definition) is 2. The summed E-state index contributed by atoms with van der Waals surface area (Å²) in [7, 11) is 1.69. The number of anilines is 1. The molecule has 138 valence electrons. The Kier molecular flexibility index (Phi) is 7.52. The third-order valence-corrected chi connectivity index (χ3v) is 4.66. The van der Waals surface area contributed by atoms with Crippen molar-refractivity contribution in [3.8, 4) is 0 Å². The van der Waals surface area contributed by atoms with Crippen LogP contribution in [0.15, 0.2) is 24.3 Å². The minimum atomic E-state index is -0.0986. The summed E-state index contributed by atoms with van der Waals surface area (Å²) in [5.74, 6) is -0.0867. The van der Waals surface area contributed by atoms with Gasteiger partial charge < -0.3 is 20.0 Å². The largest absolute Gasteiger partial charge is 0.360 e. The van der Waals surface area contributed by atoms with E-state index in [1.165, 1.54) is 9.80 Å². The maximum Gasteiger partial charge on any atom is 0.277 e. The molecular weight excluding hydrogens is 340 g/mol. The number of benzene rings is 1. The third kappa shape index (κ3) is 6.21. The van der Waals surface area contributed by atoms with Gasteiger partial charge in [-0.05, 0) is 24.6 Å². The van der Waals surface area contributed by atoms with Crippen LogP contribution in [0.4, 0.5) is 5.69 Å². The van der Waals surface area contributed by atoms with Crippen molar-refractivity contribution >= 4 is 29.1 Å². The fraction of sp³-hybridized carbons (Fsp3) is 0.556. The van der Waals surface area contributed by atoms with Gasteiger partial charge in [0.05, 0.1) is 32.7 Å². The standard InChI is InChI=1S/C18H27ClN4O2/c1-3-7-20-17(24)13-21(2)18(25)14-22-8-10-23(11-9-22)16-6-4-5-15(19)12-16/h4-6,12H,3,7-11,13-14H2,1-2H3,(H,20,24)/p+1. The van der Waals surface area contributed by atoms with Crippen LogP contribution in [0.5, 0.6) is 0 Å². The second-order valence-corrected chi connectivity index (χ2v) is 6.93. The average molecular weight is 368 g/mol. The zero-order valence-corrected chi connectivity index (χ0v) is 15.8. The van der Waals surface area contributed by atoms with E-state index < -0.39 is 0 Å². The number of nitrogens with one attached hydrogen (secondary N) is 2. The SMILES string of the molecule is CCCNC(=O)CN(C)C(=O)C[NH+]1CCN(c2cccc(Cl)c2)CC1. The van der Waals surface area contributed by atoms with Gasteiger partial charge in [-0.15, -0.1) is 0 Å². The number of nitrogens with zero attached hydrogens (tertiary/aromatic N) is 2. The van der Waals surface area contributed by atoms with Crippen molar-refractivity contribution in [3.63, 3.8) is 0 Å². The topological polar surface area (TPSA) is 57.1 Å². The second kappa shape index (κ2) is 9.63. The molecule has 0 bridgehead atoms. The maximum atomic E-state index is 12.3. The summed E-state index contributed by atoms with van der Waals surface area (Å²) in [6.45, 7) is 6.79. The van der Waals surface area contributed by atoms with E-state index in [0.717, 1.165) is 43.3 Å². The lowest BCUT2D eigenvalue weighted by Gasteiger charge is -2.34. The Balaban J connectivity index is 1.75. The Labute approximate surface area is 154 Å². The van der Waals surface area contributed by atoms with Gasteiger partial charge in [0.2, 0.25) is 5.91 Å². The number of piperazine rings is 1. The summed E-state index contributed by atoms with van der Waals surface area (Å²) in [5, 5.41) is 3.53. The normalized spacial score (nSPS) is 15.1. The van der Waals surface area contributed by atoms with Crippen LogP contribution in [0, 0.1) is 0 Å². The van der Waals surface area contributed by atoms with Crippen LogP contribution in [0.2, 0.25) is 5.02 Å². The number of amides is 2. The lowest BCUT2D eigenvalue weighted by atomic mass is 10.2. The summed E-state index contributed by atoms with van der Waals surface area (Å²) in [6.07, 6.45) is 0.893. The highest BCUT2D eigenvalue weighted by Crippen LogP contribution is 2.19. The van der Waals surface area contributed by atoms with Gasteiger partial charge >= 0.3 is 0 Å². The molecule has 1 aromatic carbocycles. The maximum absolute atomic E-state index is 12.3. The van der Waals surface area contributed by atoms with Crippen LogP contribution < -0.4 is 15.1 Å². The summed E-state index contributed by atoms with van der Waals surface area (Å²) in [6, 6.07) is 7.86. The molecule has 1 aromatic rings. The molecule has 1 aliphatic rings. The average Bonchev–Trinajstić information content (AvgIpc) is 2.60. The van der Waals surface area contributed by atoms with E-state index in [-0.39, 0.29) is 18.4 Å². The molecular formula is C18H28ClN4O2+. The molecule has 6 nitrogen and oxygen atoms in total. The molecule has 7 heteroatoms. The number of rotatable bonds is 7. The van der Waals surface area contributed by atoms with E-state index in [9.17, 15) is 9.59 Å². The van der Waals surface area contributed by atoms with Gasteiger partial charge in [-0.1, -0.05) is 24.6 Å². The molecule has 0 aliphatic carbocycles. The Morgan fingerprint density at radius 2 is 2.04 bits per heavy atom. The molecule has 0 radical (unpaired) electrons. The van der Waals surface area contributed by atoms with Gasteiger partial charge in [-0.25, -0.2) is 0 Å². The quantitative estimate of drug-likeness (QED) is 0.715. The molecule has 2 amide bonds. The predicted octanol–water partition coefficient (Wildman–Crippen LogP) is 0.0295. The van der Waals surface area contributed by atoms with Crippen molar-refractivity contribution in [2.75, 3.05) is 57.8 Å². The molecule has 0 aromatic heterocycles. The van der Waals surface area contributed by atoms with Crippen molar-refractivity contribution in [1.82, 2.24) is 10.2 Å². The van der Waals surface area contributed by atoms with E-state index in [4.69, 9.17) is 11.6 Å². The molecule has 0 spiro atoms.